The highest BCUT2D eigenvalue weighted by Gasteiger charge is 2.29. The van der Waals surface area contributed by atoms with Crippen LogP contribution in [0.2, 0.25) is 0 Å². The average molecular weight is 361 g/mol. The van der Waals surface area contributed by atoms with Crippen molar-refractivity contribution in [3.63, 3.8) is 0 Å². The molecule has 3 rings (SSSR count). The number of nitrogens with one attached hydrogen (secondary N) is 2. The molecule has 1 aromatic rings. The minimum atomic E-state index is 0.205. The summed E-state index contributed by atoms with van der Waals surface area (Å²) in [6.45, 7) is 3.49. The number of thioether (sulfide) groups is 1. The summed E-state index contributed by atoms with van der Waals surface area (Å²) >= 11 is 1.94. The van der Waals surface area contributed by atoms with Crippen LogP contribution in [-0.4, -0.2) is 55.7 Å². The number of likely N-dealkylation sites (tertiary alicyclic amines) is 1. The first kappa shape index (κ1) is 18.1. The van der Waals surface area contributed by atoms with Gasteiger partial charge in [0.2, 0.25) is 5.91 Å². The maximum absolute atomic E-state index is 11.6. The van der Waals surface area contributed by atoms with E-state index in [2.05, 4.69) is 50.9 Å². The predicted molar refractivity (Wildman–Crippen MR) is 104 cm³/mol. The molecule has 1 heterocycles. The van der Waals surface area contributed by atoms with Gasteiger partial charge < -0.3 is 15.5 Å². The number of hydrogen-bond acceptors (Lipinski definition) is 3. The SMILES string of the molecule is CN=C(NCCNC(=O)C1CC1)N1CCC(CSc2ccccc2)C1. The van der Waals surface area contributed by atoms with Gasteiger partial charge in [-0.1, -0.05) is 18.2 Å². The number of aliphatic imine (C=N–C) groups is 1. The molecule has 1 saturated heterocycles. The highest BCUT2D eigenvalue weighted by molar-refractivity contribution is 7.99. The Balaban J connectivity index is 1.35. The molecule has 1 amide bonds. The number of benzene rings is 1. The van der Waals surface area contributed by atoms with E-state index in [1.165, 1.54) is 11.3 Å². The first-order valence-electron chi connectivity index (χ1n) is 9.17. The van der Waals surface area contributed by atoms with Gasteiger partial charge in [0, 0.05) is 49.8 Å². The normalized spacial score (nSPS) is 20.6. The minimum Gasteiger partial charge on any atom is -0.354 e. The van der Waals surface area contributed by atoms with Crippen LogP contribution in [0.5, 0.6) is 0 Å². The maximum atomic E-state index is 11.6. The van der Waals surface area contributed by atoms with Crippen molar-refractivity contribution < 1.29 is 4.79 Å². The molecule has 1 unspecified atom stereocenters. The van der Waals surface area contributed by atoms with Crippen molar-refractivity contribution >= 4 is 23.6 Å². The number of carbonyl (C=O) groups is 1. The van der Waals surface area contributed by atoms with Gasteiger partial charge in [-0.2, -0.15) is 0 Å². The van der Waals surface area contributed by atoms with Crippen molar-refractivity contribution in [1.29, 1.82) is 0 Å². The van der Waals surface area contributed by atoms with E-state index in [9.17, 15) is 4.79 Å². The fourth-order valence-corrected chi connectivity index (χ4v) is 4.12. The van der Waals surface area contributed by atoms with Gasteiger partial charge in [-0.05, 0) is 37.3 Å². The lowest BCUT2D eigenvalue weighted by Crippen LogP contribution is -2.43. The Kier molecular flexibility index (Phi) is 6.62. The van der Waals surface area contributed by atoms with Crippen molar-refractivity contribution in [3.05, 3.63) is 30.3 Å². The third-order valence-electron chi connectivity index (χ3n) is 4.68. The first-order valence-corrected chi connectivity index (χ1v) is 10.2. The third-order valence-corrected chi connectivity index (χ3v) is 5.93. The van der Waals surface area contributed by atoms with Crippen LogP contribution in [0.1, 0.15) is 19.3 Å². The molecule has 25 heavy (non-hydrogen) atoms. The summed E-state index contributed by atoms with van der Waals surface area (Å²) in [7, 11) is 1.83. The summed E-state index contributed by atoms with van der Waals surface area (Å²) in [6, 6.07) is 10.6. The fraction of sp³-hybridized carbons (Fsp3) is 0.579. The second kappa shape index (κ2) is 9.13. The summed E-state index contributed by atoms with van der Waals surface area (Å²) in [5, 5.41) is 6.36. The Morgan fingerprint density at radius 3 is 2.68 bits per heavy atom. The molecule has 1 aliphatic heterocycles. The van der Waals surface area contributed by atoms with Crippen LogP contribution in [0.25, 0.3) is 0 Å². The minimum absolute atomic E-state index is 0.205. The molecule has 2 N–H and O–H groups in total. The Labute approximate surface area is 154 Å². The first-order chi connectivity index (χ1) is 12.3. The Bertz CT molecular complexity index is 588. The van der Waals surface area contributed by atoms with E-state index >= 15 is 0 Å². The topological polar surface area (TPSA) is 56.7 Å². The highest BCUT2D eigenvalue weighted by Crippen LogP contribution is 2.28. The molecule has 2 fully saturated rings. The van der Waals surface area contributed by atoms with Crippen molar-refractivity contribution in [2.75, 3.05) is 39.0 Å². The zero-order chi connectivity index (χ0) is 17.5. The molecular formula is C19H28N4OS. The zero-order valence-electron chi connectivity index (χ0n) is 14.9. The lowest BCUT2D eigenvalue weighted by molar-refractivity contribution is -0.122. The van der Waals surface area contributed by atoms with Crippen LogP contribution in [0, 0.1) is 11.8 Å². The van der Waals surface area contributed by atoms with Crippen LogP contribution in [-0.2, 0) is 4.79 Å². The summed E-state index contributed by atoms with van der Waals surface area (Å²) in [5.41, 5.74) is 0. The summed E-state index contributed by atoms with van der Waals surface area (Å²) in [6.07, 6.45) is 3.31. The van der Waals surface area contributed by atoms with E-state index in [1.807, 2.05) is 18.8 Å². The Hall–Kier alpha value is -1.69. The molecule has 0 aromatic heterocycles. The van der Waals surface area contributed by atoms with Gasteiger partial charge >= 0.3 is 0 Å². The molecule has 1 atom stereocenters. The monoisotopic (exact) mass is 360 g/mol. The van der Waals surface area contributed by atoms with Crippen LogP contribution < -0.4 is 10.6 Å². The Morgan fingerprint density at radius 2 is 1.96 bits per heavy atom. The highest BCUT2D eigenvalue weighted by atomic mass is 32.2. The van der Waals surface area contributed by atoms with E-state index < -0.39 is 0 Å². The van der Waals surface area contributed by atoms with Crippen LogP contribution >= 0.6 is 11.8 Å². The standard InChI is InChI=1S/C19H28N4OS/c1-20-19(22-11-10-21-18(24)16-7-8-16)23-12-9-15(13-23)14-25-17-5-3-2-4-6-17/h2-6,15-16H,7-14H2,1H3,(H,20,22)(H,21,24). The Morgan fingerprint density at radius 1 is 1.20 bits per heavy atom. The van der Waals surface area contributed by atoms with Crippen LogP contribution in [0.4, 0.5) is 0 Å². The van der Waals surface area contributed by atoms with Crippen molar-refractivity contribution in [2.24, 2.45) is 16.8 Å². The number of hydrogen-bond donors (Lipinski definition) is 2. The van der Waals surface area contributed by atoms with Gasteiger partial charge in [0.05, 0.1) is 0 Å². The molecule has 5 nitrogen and oxygen atoms in total. The molecule has 0 spiro atoms. The molecule has 2 aliphatic rings. The molecular weight excluding hydrogens is 332 g/mol. The molecule has 0 radical (unpaired) electrons. The van der Waals surface area contributed by atoms with E-state index in [1.54, 1.807) is 0 Å². The summed E-state index contributed by atoms with van der Waals surface area (Å²) < 4.78 is 0. The average Bonchev–Trinajstić information content (AvgIpc) is 3.40. The summed E-state index contributed by atoms with van der Waals surface area (Å²) in [5.74, 6) is 3.28. The number of amides is 1. The molecule has 1 saturated carbocycles. The second-order valence-electron chi connectivity index (χ2n) is 6.76. The number of rotatable bonds is 7. The van der Waals surface area contributed by atoms with E-state index in [0.29, 0.717) is 12.5 Å². The lowest BCUT2D eigenvalue weighted by atomic mass is 10.2. The van der Waals surface area contributed by atoms with Gasteiger partial charge in [-0.25, -0.2) is 0 Å². The fourth-order valence-electron chi connectivity index (χ4n) is 3.07. The van der Waals surface area contributed by atoms with Gasteiger partial charge in [0.1, 0.15) is 0 Å². The molecule has 6 heteroatoms. The molecule has 0 bridgehead atoms. The van der Waals surface area contributed by atoms with Gasteiger partial charge in [0.15, 0.2) is 5.96 Å². The van der Waals surface area contributed by atoms with Crippen LogP contribution in [0.15, 0.2) is 40.2 Å². The number of carbonyl (C=O) groups excluding carboxylic acids is 1. The van der Waals surface area contributed by atoms with Gasteiger partial charge in [-0.3, -0.25) is 9.79 Å². The predicted octanol–water partition coefficient (Wildman–Crippen LogP) is 2.20. The van der Waals surface area contributed by atoms with Crippen molar-refractivity contribution in [2.45, 2.75) is 24.2 Å². The largest absolute Gasteiger partial charge is 0.354 e. The zero-order valence-corrected chi connectivity index (χ0v) is 15.7. The lowest BCUT2D eigenvalue weighted by Gasteiger charge is -2.21. The van der Waals surface area contributed by atoms with Gasteiger partial charge in [0.25, 0.3) is 0 Å². The quantitative estimate of drug-likeness (QED) is 0.339. The van der Waals surface area contributed by atoms with E-state index in [-0.39, 0.29) is 11.8 Å². The smallest absolute Gasteiger partial charge is 0.223 e. The molecule has 1 aliphatic carbocycles. The van der Waals surface area contributed by atoms with Crippen molar-refractivity contribution in [1.82, 2.24) is 15.5 Å². The molecule has 1 aromatic carbocycles. The second-order valence-corrected chi connectivity index (χ2v) is 7.86. The van der Waals surface area contributed by atoms with E-state index in [4.69, 9.17) is 0 Å². The van der Waals surface area contributed by atoms with E-state index in [0.717, 1.165) is 44.2 Å². The van der Waals surface area contributed by atoms with Crippen molar-refractivity contribution in [3.8, 4) is 0 Å². The summed E-state index contributed by atoms with van der Waals surface area (Å²) in [4.78, 5) is 19.7. The number of guanidine groups is 1. The maximum Gasteiger partial charge on any atom is 0.223 e. The molecule has 136 valence electrons. The third kappa shape index (κ3) is 5.66. The van der Waals surface area contributed by atoms with Gasteiger partial charge in [-0.15, -0.1) is 11.8 Å². The van der Waals surface area contributed by atoms with Crippen LogP contribution in [0.3, 0.4) is 0 Å². The number of nitrogens with zero attached hydrogens (tertiary/aromatic N) is 2.